The molecule has 0 aliphatic carbocycles. The third-order valence-corrected chi connectivity index (χ3v) is 0. The van der Waals surface area contributed by atoms with Gasteiger partial charge in [0.05, 0.1) is 0 Å². The molecule has 0 saturated carbocycles. The molecular weight excluding hydrogens is 137 g/mol. The van der Waals surface area contributed by atoms with Gasteiger partial charge in [0, 0.05) is 17.1 Å². The van der Waals surface area contributed by atoms with Gasteiger partial charge in [0.2, 0.25) is 0 Å². The summed E-state index contributed by atoms with van der Waals surface area (Å²) in [7, 11) is 0. The van der Waals surface area contributed by atoms with Gasteiger partial charge in [-0.1, -0.05) is 0 Å². The molecule has 0 aromatic rings. The van der Waals surface area contributed by atoms with E-state index in [9.17, 15) is 0 Å². The molecule has 0 N–H and O–H groups in total. The van der Waals surface area contributed by atoms with Crippen LogP contribution in [-0.2, 0) is 39.0 Å². The van der Waals surface area contributed by atoms with E-state index < -0.39 is 0 Å². The number of rotatable bonds is 0. The summed E-state index contributed by atoms with van der Waals surface area (Å²) in [4.78, 5) is 0. The van der Waals surface area contributed by atoms with E-state index in [2.05, 4.69) is 0 Å². The van der Waals surface area contributed by atoms with Gasteiger partial charge in [0.1, 0.15) is 0 Å². The minimum atomic E-state index is 0. The SMILES string of the molecule is [H-].[Li+].[Mn].[Ni+2].[O-2]. The van der Waals surface area contributed by atoms with Crippen LogP contribution in [0.5, 0.6) is 0 Å². The maximum absolute atomic E-state index is 0. The van der Waals surface area contributed by atoms with Crippen molar-refractivity contribution >= 4 is 0 Å². The molecule has 1 nitrogen and oxygen atoms in total. The Kier molecular flexibility index (Phi) is 279. The summed E-state index contributed by atoms with van der Waals surface area (Å²) < 4.78 is 0. The third-order valence-electron chi connectivity index (χ3n) is 0. The largest absolute Gasteiger partial charge is 2.00 e. The van der Waals surface area contributed by atoms with Crippen molar-refractivity contribution in [2.24, 2.45) is 0 Å². The topological polar surface area (TPSA) is 28.5 Å². The molecule has 0 aromatic heterocycles. The van der Waals surface area contributed by atoms with Crippen LogP contribution in [0.2, 0.25) is 0 Å². The molecule has 0 fully saturated rings. The van der Waals surface area contributed by atoms with Gasteiger partial charge >= 0.3 is 35.4 Å². The van der Waals surface area contributed by atoms with Crippen LogP contribution in [0.15, 0.2) is 0 Å². The Hall–Kier alpha value is 1.57. The molecule has 0 spiro atoms. The molecule has 25 valence electrons. The second-order valence-corrected chi connectivity index (χ2v) is 0. The minimum absolute atomic E-state index is 0. The quantitative estimate of drug-likeness (QED) is 0.319. The van der Waals surface area contributed by atoms with E-state index in [-0.39, 0.29) is 59.3 Å². The van der Waals surface area contributed by atoms with Crippen LogP contribution in [0.1, 0.15) is 1.43 Å². The van der Waals surface area contributed by atoms with Crippen LogP contribution < -0.4 is 18.9 Å². The van der Waals surface area contributed by atoms with E-state index in [4.69, 9.17) is 0 Å². The Bertz CT molecular complexity index is 11.6. The number of hydrogen-bond acceptors (Lipinski definition) is 0. The maximum Gasteiger partial charge on any atom is 2.00 e. The van der Waals surface area contributed by atoms with E-state index in [1.54, 1.807) is 0 Å². The van der Waals surface area contributed by atoms with Crippen LogP contribution in [0, 0.1) is 0 Å². The Balaban J connectivity index is 0. The van der Waals surface area contributed by atoms with Crippen molar-refractivity contribution in [2.75, 3.05) is 0 Å². The zero-order valence-corrected chi connectivity index (χ0v) is 4.27. The molecule has 0 rings (SSSR count). The van der Waals surface area contributed by atoms with Crippen molar-refractivity contribution in [3.05, 3.63) is 0 Å². The molecule has 0 atom stereocenters. The monoisotopic (exact) mass is 137 g/mol. The first-order valence-corrected chi connectivity index (χ1v) is 0. The van der Waals surface area contributed by atoms with E-state index >= 15 is 0 Å². The first-order valence-electron chi connectivity index (χ1n) is 0. The molecule has 0 heterocycles. The minimum Gasteiger partial charge on any atom is -2.00 e. The van der Waals surface area contributed by atoms with Crippen molar-refractivity contribution in [2.45, 2.75) is 0 Å². The van der Waals surface area contributed by atoms with Gasteiger partial charge in [-0.25, -0.2) is 0 Å². The van der Waals surface area contributed by atoms with Gasteiger partial charge in [-0.2, -0.15) is 0 Å². The van der Waals surface area contributed by atoms with Crippen LogP contribution in [0.4, 0.5) is 0 Å². The van der Waals surface area contributed by atoms with Crippen LogP contribution in [0.25, 0.3) is 0 Å². The second-order valence-electron chi connectivity index (χ2n) is 0. The summed E-state index contributed by atoms with van der Waals surface area (Å²) in [6, 6.07) is 0. The first kappa shape index (κ1) is 47.2. The van der Waals surface area contributed by atoms with Crippen LogP contribution in [0.3, 0.4) is 0 Å². The summed E-state index contributed by atoms with van der Waals surface area (Å²) in [6.07, 6.45) is 0. The molecule has 0 unspecified atom stereocenters. The average molecular weight is 138 g/mol. The van der Waals surface area contributed by atoms with Gasteiger partial charge in [0.25, 0.3) is 0 Å². The van der Waals surface area contributed by atoms with Gasteiger partial charge in [-0.3, -0.25) is 0 Å². The molecule has 0 bridgehead atoms. The Labute approximate surface area is 59.3 Å². The van der Waals surface area contributed by atoms with E-state index in [0.29, 0.717) is 0 Å². The fourth-order valence-electron chi connectivity index (χ4n) is 0. The zero-order valence-electron chi connectivity index (χ0n) is 3.10. The third kappa shape index (κ3) is 9.57. The van der Waals surface area contributed by atoms with Crippen LogP contribution in [-0.4, -0.2) is 0 Å². The van der Waals surface area contributed by atoms with Gasteiger partial charge in [0.15, 0.2) is 0 Å². The first-order chi connectivity index (χ1) is 0. The Morgan fingerprint density at radius 2 is 1.25 bits per heavy atom. The molecule has 4 heteroatoms. The molecule has 0 saturated heterocycles. The summed E-state index contributed by atoms with van der Waals surface area (Å²) in [6.45, 7) is 0. The second kappa shape index (κ2) is 23.6. The zero-order chi connectivity index (χ0) is 0. The van der Waals surface area contributed by atoms with Crippen molar-refractivity contribution in [3.8, 4) is 0 Å². The van der Waals surface area contributed by atoms with E-state index in [1.807, 2.05) is 0 Å². The molecule has 0 aromatic carbocycles. The van der Waals surface area contributed by atoms with E-state index in [1.165, 1.54) is 0 Å². The summed E-state index contributed by atoms with van der Waals surface area (Å²) in [5.74, 6) is 0. The molecule has 0 aliphatic heterocycles. The predicted octanol–water partition coefficient (Wildman–Crippen LogP) is -3.01. The maximum atomic E-state index is 0. The van der Waals surface area contributed by atoms with Gasteiger partial charge in [-0.15, -0.1) is 0 Å². The smallest absolute Gasteiger partial charge is 2.00 e. The normalized spacial score (nSPS) is 0. The number of hydrogen-bond donors (Lipinski definition) is 0. The summed E-state index contributed by atoms with van der Waals surface area (Å²) in [5.41, 5.74) is 0. The van der Waals surface area contributed by atoms with Crippen molar-refractivity contribution in [1.29, 1.82) is 0 Å². The molecule has 1 radical (unpaired) electrons. The average Bonchev–Trinajstić information content (AvgIpc) is 0. The van der Waals surface area contributed by atoms with Gasteiger partial charge < -0.3 is 6.90 Å². The van der Waals surface area contributed by atoms with Crippen molar-refractivity contribution in [1.82, 2.24) is 0 Å². The Morgan fingerprint density at radius 3 is 1.25 bits per heavy atom. The Morgan fingerprint density at radius 1 is 1.25 bits per heavy atom. The molecule has 0 amide bonds. The summed E-state index contributed by atoms with van der Waals surface area (Å²) in [5, 5.41) is 0. The molecule has 0 aliphatic rings. The predicted molar refractivity (Wildman–Crippen MR) is 1.80 cm³/mol. The molecular formula is HLiMnNiO. The van der Waals surface area contributed by atoms with Crippen molar-refractivity contribution in [3.63, 3.8) is 0 Å². The fourth-order valence-corrected chi connectivity index (χ4v) is 0. The van der Waals surface area contributed by atoms with Gasteiger partial charge in [-0.05, 0) is 0 Å². The fraction of sp³-hybridized carbons (Fsp3) is 0. The summed E-state index contributed by atoms with van der Waals surface area (Å²) >= 11 is 0. The van der Waals surface area contributed by atoms with E-state index in [0.717, 1.165) is 0 Å². The van der Waals surface area contributed by atoms with Crippen molar-refractivity contribution < 1.29 is 59.3 Å². The van der Waals surface area contributed by atoms with Crippen LogP contribution >= 0.6 is 0 Å². The molecule has 4 heavy (non-hydrogen) atoms. The standard InChI is InChI=1S/Li.Mn.Ni.O.H/q+1;;+2;-2;-1.